The van der Waals surface area contributed by atoms with E-state index in [-0.39, 0.29) is 22.7 Å². The number of benzene rings is 2. The second-order valence-electron chi connectivity index (χ2n) is 6.45. The molecular formula is C20H19Cl2N3O3. The average Bonchev–Trinajstić information content (AvgIpc) is 2.69. The lowest BCUT2D eigenvalue weighted by Gasteiger charge is -2.35. The zero-order chi connectivity index (χ0) is 20.3. The maximum atomic E-state index is 12.8. The van der Waals surface area contributed by atoms with Gasteiger partial charge in [0.1, 0.15) is 0 Å². The molecule has 1 aliphatic rings. The number of amides is 3. The van der Waals surface area contributed by atoms with Crippen LogP contribution in [0.4, 0.5) is 5.69 Å². The van der Waals surface area contributed by atoms with E-state index in [1.54, 1.807) is 52.3 Å². The highest BCUT2D eigenvalue weighted by atomic mass is 35.5. The Morgan fingerprint density at radius 2 is 1.50 bits per heavy atom. The number of carbonyl (C=O) groups excluding carboxylic acids is 3. The van der Waals surface area contributed by atoms with Gasteiger partial charge in [0.05, 0.1) is 15.6 Å². The van der Waals surface area contributed by atoms with E-state index < -0.39 is 0 Å². The van der Waals surface area contributed by atoms with Gasteiger partial charge in [-0.25, -0.2) is 0 Å². The minimum Gasteiger partial charge on any atom is -0.335 e. The summed E-state index contributed by atoms with van der Waals surface area (Å²) in [5, 5.41) is 3.24. The van der Waals surface area contributed by atoms with E-state index in [0.717, 1.165) is 0 Å². The lowest BCUT2D eigenvalue weighted by atomic mass is 10.1. The van der Waals surface area contributed by atoms with Crippen molar-refractivity contribution < 1.29 is 14.4 Å². The zero-order valence-corrected chi connectivity index (χ0v) is 16.8. The Morgan fingerprint density at radius 1 is 0.893 bits per heavy atom. The fourth-order valence-electron chi connectivity index (χ4n) is 3.07. The molecular weight excluding hydrogens is 401 g/mol. The van der Waals surface area contributed by atoms with E-state index in [1.807, 2.05) is 0 Å². The van der Waals surface area contributed by atoms with Crippen molar-refractivity contribution >= 4 is 46.6 Å². The van der Waals surface area contributed by atoms with Crippen LogP contribution < -0.4 is 5.32 Å². The minimum atomic E-state index is -0.202. The fourth-order valence-corrected chi connectivity index (χ4v) is 3.45. The van der Waals surface area contributed by atoms with E-state index in [2.05, 4.69) is 5.32 Å². The summed E-state index contributed by atoms with van der Waals surface area (Å²) >= 11 is 12.1. The summed E-state index contributed by atoms with van der Waals surface area (Å²) in [5.41, 5.74) is 1.42. The molecule has 0 radical (unpaired) electrons. The molecule has 0 bridgehead atoms. The van der Waals surface area contributed by atoms with Gasteiger partial charge in [-0.05, 0) is 30.3 Å². The lowest BCUT2D eigenvalue weighted by Crippen LogP contribution is -2.50. The lowest BCUT2D eigenvalue weighted by molar-refractivity contribution is -0.114. The van der Waals surface area contributed by atoms with Crippen LogP contribution in [0.3, 0.4) is 0 Å². The first-order valence-corrected chi connectivity index (χ1v) is 9.52. The Morgan fingerprint density at radius 3 is 2.14 bits per heavy atom. The van der Waals surface area contributed by atoms with E-state index in [9.17, 15) is 14.4 Å². The molecule has 6 nitrogen and oxygen atoms in total. The molecule has 28 heavy (non-hydrogen) atoms. The van der Waals surface area contributed by atoms with Gasteiger partial charge in [0.2, 0.25) is 5.91 Å². The molecule has 1 fully saturated rings. The molecule has 8 heteroatoms. The van der Waals surface area contributed by atoms with Gasteiger partial charge in [-0.3, -0.25) is 14.4 Å². The Kier molecular flexibility index (Phi) is 6.21. The predicted molar refractivity (Wildman–Crippen MR) is 109 cm³/mol. The third kappa shape index (κ3) is 4.46. The van der Waals surface area contributed by atoms with Gasteiger partial charge in [-0.1, -0.05) is 35.3 Å². The number of nitrogens with zero attached hydrogens (tertiary/aromatic N) is 2. The van der Waals surface area contributed by atoms with Crippen LogP contribution in [-0.4, -0.2) is 53.7 Å². The molecule has 3 amide bonds. The van der Waals surface area contributed by atoms with E-state index >= 15 is 0 Å². The van der Waals surface area contributed by atoms with Crippen LogP contribution >= 0.6 is 23.2 Å². The van der Waals surface area contributed by atoms with Crippen LogP contribution in [0.1, 0.15) is 27.6 Å². The highest BCUT2D eigenvalue weighted by molar-refractivity contribution is 6.43. The number of halogens is 2. The van der Waals surface area contributed by atoms with Crippen molar-refractivity contribution in [2.75, 3.05) is 31.5 Å². The molecule has 2 aromatic carbocycles. The number of anilines is 1. The van der Waals surface area contributed by atoms with Crippen molar-refractivity contribution in [3.63, 3.8) is 0 Å². The zero-order valence-electron chi connectivity index (χ0n) is 15.2. The van der Waals surface area contributed by atoms with E-state index in [4.69, 9.17) is 23.2 Å². The summed E-state index contributed by atoms with van der Waals surface area (Å²) in [6.07, 6.45) is 0. The first kappa shape index (κ1) is 20.2. The third-order valence-electron chi connectivity index (χ3n) is 4.47. The van der Waals surface area contributed by atoms with Crippen molar-refractivity contribution in [2.45, 2.75) is 6.92 Å². The Bertz CT molecular complexity index is 925. The van der Waals surface area contributed by atoms with Crippen LogP contribution in [0.25, 0.3) is 0 Å². The molecule has 3 rings (SSSR count). The molecule has 0 spiro atoms. The Balaban J connectivity index is 1.65. The molecule has 1 heterocycles. The quantitative estimate of drug-likeness (QED) is 0.826. The number of piperazine rings is 1. The van der Waals surface area contributed by atoms with Gasteiger partial charge >= 0.3 is 0 Å². The molecule has 146 valence electrons. The SMILES string of the molecule is CC(=O)Nc1cccc(C(=O)N2CCN(C(=O)c3cccc(Cl)c3Cl)CC2)c1. The summed E-state index contributed by atoms with van der Waals surface area (Å²) in [6.45, 7) is 3.04. The molecule has 1 saturated heterocycles. The largest absolute Gasteiger partial charge is 0.335 e. The molecule has 0 saturated carbocycles. The van der Waals surface area contributed by atoms with Crippen LogP contribution in [0.2, 0.25) is 10.0 Å². The maximum Gasteiger partial charge on any atom is 0.255 e. The average molecular weight is 420 g/mol. The second-order valence-corrected chi connectivity index (χ2v) is 7.23. The fraction of sp³-hybridized carbons (Fsp3) is 0.250. The van der Waals surface area contributed by atoms with Crippen molar-refractivity contribution in [1.82, 2.24) is 9.80 Å². The molecule has 0 aromatic heterocycles. The third-order valence-corrected chi connectivity index (χ3v) is 5.28. The van der Waals surface area contributed by atoms with Crippen molar-refractivity contribution in [3.8, 4) is 0 Å². The smallest absolute Gasteiger partial charge is 0.255 e. The van der Waals surface area contributed by atoms with Gasteiger partial charge in [-0.15, -0.1) is 0 Å². The highest BCUT2D eigenvalue weighted by Crippen LogP contribution is 2.27. The Labute approximate surface area is 173 Å². The monoisotopic (exact) mass is 419 g/mol. The van der Waals surface area contributed by atoms with Gasteiger partial charge in [0.25, 0.3) is 11.8 Å². The number of nitrogens with one attached hydrogen (secondary N) is 1. The predicted octanol–water partition coefficient (Wildman–Crippen LogP) is 3.55. The van der Waals surface area contributed by atoms with E-state index in [1.165, 1.54) is 6.92 Å². The van der Waals surface area contributed by atoms with Crippen molar-refractivity contribution in [2.24, 2.45) is 0 Å². The van der Waals surface area contributed by atoms with Crippen LogP contribution in [0.15, 0.2) is 42.5 Å². The van der Waals surface area contributed by atoms with Crippen LogP contribution in [0, 0.1) is 0 Å². The highest BCUT2D eigenvalue weighted by Gasteiger charge is 2.27. The van der Waals surface area contributed by atoms with Crippen molar-refractivity contribution in [3.05, 3.63) is 63.6 Å². The standard InChI is InChI=1S/C20H19Cl2N3O3/c1-13(26)23-15-5-2-4-14(12-15)19(27)24-8-10-25(11-9-24)20(28)16-6-3-7-17(21)18(16)22/h2-7,12H,8-11H2,1H3,(H,23,26). The van der Waals surface area contributed by atoms with Gasteiger partial charge < -0.3 is 15.1 Å². The summed E-state index contributed by atoms with van der Waals surface area (Å²) in [5.74, 6) is -0.538. The molecule has 0 aliphatic carbocycles. The molecule has 1 aliphatic heterocycles. The molecule has 2 aromatic rings. The maximum absolute atomic E-state index is 12.8. The Hall–Kier alpha value is -2.57. The van der Waals surface area contributed by atoms with Gasteiger partial charge in [0, 0.05) is 44.4 Å². The van der Waals surface area contributed by atoms with Gasteiger partial charge in [0.15, 0.2) is 0 Å². The second kappa shape index (κ2) is 8.63. The number of hydrogen-bond acceptors (Lipinski definition) is 3. The van der Waals surface area contributed by atoms with Gasteiger partial charge in [-0.2, -0.15) is 0 Å². The summed E-state index contributed by atoms with van der Waals surface area (Å²) in [6, 6.07) is 11.8. The first-order valence-electron chi connectivity index (χ1n) is 8.77. The summed E-state index contributed by atoms with van der Waals surface area (Å²) < 4.78 is 0. The summed E-state index contributed by atoms with van der Waals surface area (Å²) in [7, 11) is 0. The normalized spacial score (nSPS) is 14.0. The summed E-state index contributed by atoms with van der Waals surface area (Å²) in [4.78, 5) is 40.0. The first-order chi connectivity index (χ1) is 13.4. The number of carbonyl (C=O) groups is 3. The number of rotatable bonds is 3. The van der Waals surface area contributed by atoms with Crippen molar-refractivity contribution in [1.29, 1.82) is 0 Å². The molecule has 0 atom stereocenters. The topological polar surface area (TPSA) is 69.7 Å². The molecule has 0 unspecified atom stereocenters. The van der Waals surface area contributed by atoms with Crippen LogP contribution in [0.5, 0.6) is 0 Å². The van der Waals surface area contributed by atoms with Crippen LogP contribution in [-0.2, 0) is 4.79 Å². The minimum absolute atomic E-state index is 0.139. The molecule has 1 N–H and O–H groups in total. The van der Waals surface area contributed by atoms with E-state index in [0.29, 0.717) is 48.0 Å². The number of hydrogen-bond donors (Lipinski definition) is 1.